The summed E-state index contributed by atoms with van der Waals surface area (Å²) in [4.78, 5) is 27.2. The minimum absolute atomic E-state index is 0.145. The quantitative estimate of drug-likeness (QED) is 0.486. The molecule has 0 bridgehead atoms. The number of rotatable bonds is 11. The number of para-hydroxylation sites is 2. The molecule has 0 aliphatic carbocycles. The molecule has 1 atom stereocenters. The van der Waals surface area contributed by atoms with Crippen molar-refractivity contribution < 1.29 is 19.1 Å². The maximum Gasteiger partial charge on any atom is 0.261 e. The first-order valence-corrected chi connectivity index (χ1v) is 10.9. The topological polar surface area (TPSA) is 67.9 Å². The van der Waals surface area contributed by atoms with Crippen LogP contribution >= 0.6 is 23.2 Å². The van der Waals surface area contributed by atoms with Gasteiger partial charge in [0.1, 0.15) is 6.04 Å². The molecule has 2 aromatic carbocycles. The molecule has 0 fully saturated rings. The first-order chi connectivity index (χ1) is 14.9. The number of unbranched alkanes of at least 4 members (excludes halogenated alkanes) is 1. The molecule has 0 aromatic heterocycles. The molecule has 8 heteroatoms. The lowest BCUT2D eigenvalue weighted by Crippen LogP contribution is -2.49. The third-order valence-corrected chi connectivity index (χ3v) is 5.36. The van der Waals surface area contributed by atoms with Gasteiger partial charge in [-0.3, -0.25) is 9.59 Å². The fourth-order valence-corrected chi connectivity index (χ4v) is 3.38. The molecule has 1 N–H and O–H groups in total. The summed E-state index contributed by atoms with van der Waals surface area (Å²) in [6.45, 7) is 4.18. The van der Waals surface area contributed by atoms with Crippen molar-refractivity contribution in [3.05, 3.63) is 58.1 Å². The van der Waals surface area contributed by atoms with Crippen molar-refractivity contribution >= 4 is 35.0 Å². The summed E-state index contributed by atoms with van der Waals surface area (Å²) >= 11 is 12.3. The smallest absolute Gasteiger partial charge is 0.261 e. The van der Waals surface area contributed by atoms with E-state index in [1.807, 2.05) is 13.0 Å². The molecule has 0 heterocycles. The number of methoxy groups -OCH3 is 1. The van der Waals surface area contributed by atoms with Crippen molar-refractivity contribution in [3.8, 4) is 11.5 Å². The highest BCUT2D eigenvalue weighted by atomic mass is 35.5. The summed E-state index contributed by atoms with van der Waals surface area (Å²) in [5.41, 5.74) is 0.685. The van der Waals surface area contributed by atoms with Crippen LogP contribution in [0.3, 0.4) is 0 Å². The summed E-state index contributed by atoms with van der Waals surface area (Å²) in [7, 11) is 1.53. The van der Waals surface area contributed by atoms with Crippen LogP contribution in [0, 0.1) is 0 Å². The predicted octanol–water partition coefficient (Wildman–Crippen LogP) is 4.71. The molecule has 0 unspecified atom stereocenters. The van der Waals surface area contributed by atoms with Gasteiger partial charge in [0, 0.05) is 23.1 Å². The van der Waals surface area contributed by atoms with Crippen LogP contribution in [0.5, 0.6) is 11.5 Å². The second kappa shape index (κ2) is 12.4. The lowest BCUT2D eigenvalue weighted by molar-refractivity contribution is -0.142. The van der Waals surface area contributed by atoms with E-state index in [0.717, 1.165) is 12.8 Å². The molecule has 0 spiro atoms. The highest BCUT2D eigenvalue weighted by Gasteiger charge is 2.27. The van der Waals surface area contributed by atoms with E-state index in [1.54, 1.807) is 43.3 Å². The van der Waals surface area contributed by atoms with Crippen LogP contribution in [0.25, 0.3) is 0 Å². The van der Waals surface area contributed by atoms with E-state index in [-0.39, 0.29) is 25.0 Å². The fraction of sp³-hybridized carbons (Fsp3) is 0.391. The second-order valence-electron chi connectivity index (χ2n) is 7.02. The van der Waals surface area contributed by atoms with Gasteiger partial charge in [-0.25, -0.2) is 0 Å². The molecular weight excluding hydrogens is 439 g/mol. The SMILES string of the molecule is CCCCNC(=O)[C@@H](C)N(Cc1ccc(Cl)cc1Cl)C(=O)COc1ccccc1OC. The van der Waals surface area contributed by atoms with Crippen LogP contribution in [0.1, 0.15) is 32.3 Å². The lowest BCUT2D eigenvalue weighted by Gasteiger charge is -2.29. The van der Waals surface area contributed by atoms with E-state index in [1.165, 1.54) is 12.0 Å². The zero-order valence-corrected chi connectivity index (χ0v) is 19.5. The number of carbonyl (C=O) groups is 2. The van der Waals surface area contributed by atoms with Crippen LogP contribution in [0.4, 0.5) is 0 Å². The largest absolute Gasteiger partial charge is 0.493 e. The van der Waals surface area contributed by atoms with E-state index in [0.29, 0.717) is 33.7 Å². The van der Waals surface area contributed by atoms with Crippen molar-refractivity contribution in [1.82, 2.24) is 10.2 Å². The van der Waals surface area contributed by atoms with Gasteiger partial charge >= 0.3 is 0 Å². The number of benzene rings is 2. The highest BCUT2D eigenvalue weighted by Crippen LogP contribution is 2.26. The van der Waals surface area contributed by atoms with Gasteiger partial charge < -0.3 is 19.7 Å². The molecule has 6 nitrogen and oxygen atoms in total. The number of ether oxygens (including phenoxy) is 2. The number of halogens is 2. The van der Waals surface area contributed by atoms with Crippen LogP contribution in [-0.4, -0.2) is 43.0 Å². The van der Waals surface area contributed by atoms with E-state index < -0.39 is 6.04 Å². The van der Waals surface area contributed by atoms with Crippen LogP contribution < -0.4 is 14.8 Å². The minimum Gasteiger partial charge on any atom is -0.493 e. The Morgan fingerprint density at radius 3 is 2.48 bits per heavy atom. The first-order valence-electron chi connectivity index (χ1n) is 10.1. The molecular formula is C23H28Cl2N2O4. The predicted molar refractivity (Wildman–Crippen MR) is 123 cm³/mol. The Balaban J connectivity index is 2.18. The Hall–Kier alpha value is -2.44. The van der Waals surface area contributed by atoms with Crippen LogP contribution in [-0.2, 0) is 16.1 Å². The average Bonchev–Trinajstić information content (AvgIpc) is 2.76. The Morgan fingerprint density at radius 1 is 1.13 bits per heavy atom. The van der Waals surface area contributed by atoms with Crippen molar-refractivity contribution in [1.29, 1.82) is 0 Å². The van der Waals surface area contributed by atoms with Gasteiger partial charge in [-0.2, -0.15) is 0 Å². The molecule has 2 rings (SSSR count). The summed E-state index contributed by atoms with van der Waals surface area (Å²) in [6, 6.07) is 11.4. The normalized spacial score (nSPS) is 11.5. The number of carbonyl (C=O) groups excluding carboxylic acids is 2. The lowest BCUT2D eigenvalue weighted by atomic mass is 10.1. The second-order valence-corrected chi connectivity index (χ2v) is 7.86. The van der Waals surface area contributed by atoms with E-state index in [9.17, 15) is 9.59 Å². The van der Waals surface area contributed by atoms with Gasteiger partial charge in [0.25, 0.3) is 5.91 Å². The van der Waals surface area contributed by atoms with Gasteiger partial charge in [0.05, 0.1) is 7.11 Å². The Bertz CT molecular complexity index is 892. The summed E-state index contributed by atoms with van der Waals surface area (Å²) in [5, 5.41) is 3.79. The van der Waals surface area contributed by atoms with Crippen molar-refractivity contribution in [2.75, 3.05) is 20.3 Å². The number of nitrogens with zero attached hydrogens (tertiary/aromatic N) is 1. The molecule has 31 heavy (non-hydrogen) atoms. The van der Waals surface area contributed by atoms with Crippen molar-refractivity contribution in [2.24, 2.45) is 0 Å². The molecule has 168 valence electrons. The Kier molecular flexibility index (Phi) is 9.95. The fourth-order valence-electron chi connectivity index (χ4n) is 2.91. The molecule has 0 radical (unpaired) electrons. The van der Waals surface area contributed by atoms with Crippen molar-refractivity contribution in [2.45, 2.75) is 39.3 Å². The van der Waals surface area contributed by atoms with Gasteiger partial charge in [0.2, 0.25) is 5.91 Å². The molecule has 0 saturated heterocycles. The molecule has 0 saturated carbocycles. The summed E-state index contributed by atoms with van der Waals surface area (Å²) in [6.07, 6.45) is 1.83. The third kappa shape index (κ3) is 7.33. The number of hydrogen-bond acceptors (Lipinski definition) is 4. The van der Waals surface area contributed by atoms with E-state index >= 15 is 0 Å². The Labute approximate surface area is 193 Å². The third-order valence-electron chi connectivity index (χ3n) is 4.77. The Morgan fingerprint density at radius 2 is 1.84 bits per heavy atom. The molecule has 2 amide bonds. The molecule has 2 aromatic rings. The first kappa shape index (κ1) is 24.8. The maximum atomic E-state index is 13.1. The number of nitrogens with one attached hydrogen (secondary N) is 1. The van der Waals surface area contributed by atoms with Gasteiger partial charge in [-0.05, 0) is 43.2 Å². The van der Waals surface area contributed by atoms with Gasteiger partial charge in [-0.1, -0.05) is 54.7 Å². The molecule has 0 aliphatic rings. The molecule has 0 aliphatic heterocycles. The van der Waals surface area contributed by atoms with Crippen molar-refractivity contribution in [3.63, 3.8) is 0 Å². The average molecular weight is 467 g/mol. The van der Waals surface area contributed by atoms with Gasteiger partial charge in [0.15, 0.2) is 18.1 Å². The van der Waals surface area contributed by atoms with E-state index in [2.05, 4.69) is 5.32 Å². The van der Waals surface area contributed by atoms with Crippen LogP contribution in [0.15, 0.2) is 42.5 Å². The zero-order valence-electron chi connectivity index (χ0n) is 18.0. The van der Waals surface area contributed by atoms with E-state index in [4.69, 9.17) is 32.7 Å². The minimum atomic E-state index is -0.711. The zero-order chi connectivity index (χ0) is 22.8. The standard InChI is InChI=1S/C23H28Cl2N2O4/c1-4-5-12-26-23(29)16(2)27(14-17-10-11-18(24)13-19(17)25)22(28)15-31-21-9-7-6-8-20(21)30-3/h6-11,13,16H,4-5,12,14-15H2,1-3H3,(H,26,29)/t16-/m1/s1. The van der Waals surface area contributed by atoms with Gasteiger partial charge in [-0.15, -0.1) is 0 Å². The highest BCUT2D eigenvalue weighted by molar-refractivity contribution is 6.35. The maximum absolute atomic E-state index is 13.1. The summed E-state index contributed by atoms with van der Waals surface area (Å²) in [5.74, 6) is 0.384. The summed E-state index contributed by atoms with van der Waals surface area (Å²) < 4.78 is 10.9. The number of amides is 2. The van der Waals surface area contributed by atoms with Crippen LogP contribution in [0.2, 0.25) is 10.0 Å². The number of hydrogen-bond donors (Lipinski definition) is 1. The monoisotopic (exact) mass is 466 g/mol.